The van der Waals surface area contributed by atoms with E-state index >= 15 is 0 Å². The van der Waals surface area contributed by atoms with Crippen LogP contribution in [0.4, 0.5) is 0 Å². The van der Waals surface area contributed by atoms with Gasteiger partial charge in [0.2, 0.25) is 0 Å². The van der Waals surface area contributed by atoms with E-state index in [4.69, 9.17) is 0 Å². The summed E-state index contributed by atoms with van der Waals surface area (Å²) in [7, 11) is 0. The van der Waals surface area contributed by atoms with E-state index in [0.717, 1.165) is 23.1 Å². The Labute approximate surface area is 98.1 Å². The second-order valence-electron chi connectivity index (χ2n) is 4.37. The molecule has 0 spiro atoms. The third-order valence-electron chi connectivity index (χ3n) is 3.35. The Morgan fingerprint density at radius 2 is 1.56 bits per heavy atom. The first-order valence-electron chi connectivity index (χ1n) is 5.56. The summed E-state index contributed by atoms with van der Waals surface area (Å²) in [5.74, 6) is 0.289. The van der Waals surface area contributed by atoms with E-state index in [2.05, 4.69) is 20.1 Å². The molecule has 1 aromatic rings. The van der Waals surface area contributed by atoms with E-state index < -0.39 is 0 Å². The predicted octanol–water partition coefficient (Wildman–Crippen LogP) is 4.19. The number of hydrogen-bond acceptors (Lipinski definition) is 1. The first-order chi connectivity index (χ1) is 7.45. The standard InChI is InChI=1S/C15H20O/c1-6-15(11(2)3,12(4)5)13-7-9-14(16)10-8-13/h7-10,16H,2,4,6H2,1,3,5H3. The maximum Gasteiger partial charge on any atom is 0.115 e. The minimum Gasteiger partial charge on any atom is -0.508 e. The fourth-order valence-corrected chi connectivity index (χ4v) is 2.41. The van der Waals surface area contributed by atoms with Crippen molar-refractivity contribution in [3.05, 3.63) is 54.1 Å². The lowest BCUT2D eigenvalue weighted by atomic mass is 9.69. The van der Waals surface area contributed by atoms with Gasteiger partial charge in [0.1, 0.15) is 5.75 Å². The van der Waals surface area contributed by atoms with Gasteiger partial charge in [0.15, 0.2) is 0 Å². The van der Waals surface area contributed by atoms with Crippen LogP contribution in [0, 0.1) is 0 Å². The number of phenols is 1. The van der Waals surface area contributed by atoms with E-state index in [1.165, 1.54) is 0 Å². The fraction of sp³-hybridized carbons (Fsp3) is 0.333. The van der Waals surface area contributed by atoms with Crippen LogP contribution in [0.25, 0.3) is 0 Å². The zero-order valence-corrected chi connectivity index (χ0v) is 10.4. The van der Waals surface area contributed by atoms with Gasteiger partial charge in [0, 0.05) is 5.41 Å². The largest absolute Gasteiger partial charge is 0.508 e. The van der Waals surface area contributed by atoms with Gasteiger partial charge in [-0.2, -0.15) is 0 Å². The van der Waals surface area contributed by atoms with Crippen LogP contribution in [0.15, 0.2) is 48.6 Å². The number of phenolic OH excluding ortho intramolecular Hbond substituents is 1. The Hall–Kier alpha value is -1.50. The summed E-state index contributed by atoms with van der Waals surface area (Å²) >= 11 is 0. The highest BCUT2D eigenvalue weighted by molar-refractivity contribution is 5.45. The molecule has 0 fully saturated rings. The molecule has 0 bridgehead atoms. The van der Waals surface area contributed by atoms with Crippen LogP contribution in [-0.4, -0.2) is 5.11 Å². The molecule has 0 amide bonds. The average Bonchev–Trinajstić information content (AvgIpc) is 2.21. The number of rotatable bonds is 4. The molecule has 1 rings (SSSR count). The topological polar surface area (TPSA) is 20.2 Å². The monoisotopic (exact) mass is 216 g/mol. The van der Waals surface area contributed by atoms with Crippen LogP contribution in [-0.2, 0) is 5.41 Å². The normalized spacial score (nSPS) is 11.2. The molecule has 0 saturated carbocycles. The molecule has 0 aliphatic rings. The van der Waals surface area contributed by atoms with E-state index in [9.17, 15) is 5.11 Å². The molecular formula is C15H20O. The van der Waals surface area contributed by atoms with Gasteiger partial charge >= 0.3 is 0 Å². The highest BCUT2D eigenvalue weighted by Crippen LogP contribution is 2.40. The van der Waals surface area contributed by atoms with Crippen LogP contribution in [0.5, 0.6) is 5.75 Å². The maximum absolute atomic E-state index is 9.33. The van der Waals surface area contributed by atoms with Crippen molar-refractivity contribution >= 4 is 0 Å². The molecule has 0 unspecified atom stereocenters. The van der Waals surface area contributed by atoms with Crippen molar-refractivity contribution in [1.29, 1.82) is 0 Å². The molecule has 0 aliphatic carbocycles. The number of hydrogen-bond donors (Lipinski definition) is 1. The minimum atomic E-state index is -0.173. The van der Waals surface area contributed by atoms with Crippen molar-refractivity contribution in [2.75, 3.05) is 0 Å². The maximum atomic E-state index is 9.33. The molecule has 0 aromatic heterocycles. The molecule has 1 heteroatoms. The lowest BCUT2D eigenvalue weighted by Crippen LogP contribution is -2.27. The summed E-state index contributed by atoms with van der Waals surface area (Å²) in [5, 5.41) is 9.33. The Kier molecular flexibility index (Phi) is 3.58. The lowest BCUT2D eigenvalue weighted by Gasteiger charge is -2.35. The second-order valence-corrected chi connectivity index (χ2v) is 4.37. The Balaban J connectivity index is 3.36. The predicted molar refractivity (Wildman–Crippen MR) is 69.7 cm³/mol. The molecule has 0 radical (unpaired) electrons. The van der Waals surface area contributed by atoms with E-state index in [-0.39, 0.29) is 11.2 Å². The summed E-state index contributed by atoms with van der Waals surface area (Å²) < 4.78 is 0. The highest BCUT2D eigenvalue weighted by atomic mass is 16.3. The molecule has 0 atom stereocenters. The molecule has 86 valence electrons. The zero-order valence-electron chi connectivity index (χ0n) is 10.4. The molecule has 0 aliphatic heterocycles. The Morgan fingerprint density at radius 3 is 1.88 bits per heavy atom. The summed E-state index contributed by atoms with van der Waals surface area (Å²) in [5.41, 5.74) is 3.16. The van der Waals surface area contributed by atoms with Crippen LogP contribution in [0.2, 0.25) is 0 Å². The molecule has 1 nitrogen and oxygen atoms in total. The van der Waals surface area contributed by atoms with Crippen molar-refractivity contribution in [3.8, 4) is 5.75 Å². The fourth-order valence-electron chi connectivity index (χ4n) is 2.41. The van der Waals surface area contributed by atoms with Crippen molar-refractivity contribution in [1.82, 2.24) is 0 Å². The van der Waals surface area contributed by atoms with Gasteiger partial charge in [-0.25, -0.2) is 0 Å². The van der Waals surface area contributed by atoms with Gasteiger partial charge in [-0.15, -0.1) is 0 Å². The summed E-state index contributed by atoms with van der Waals surface area (Å²) in [6.45, 7) is 14.4. The number of benzene rings is 1. The van der Waals surface area contributed by atoms with Crippen LogP contribution in [0.1, 0.15) is 32.8 Å². The average molecular weight is 216 g/mol. The SMILES string of the molecule is C=C(C)C(CC)(C(=C)C)c1ccc(O)cc1. The first kappa shape index (κ1) is 12.6. The Morgan fingerprint density at radius 1 is 1.12 bits per heavy atom. The van der Waals surface area contributed by atoms with Crippen molar-refractivity contribution < 1.29 is 5.11 Å². The summed E-state index contributed by atoms with van der Waals surface area (Å²) in [4.78, 5) is 0. The minimum absolute atomic E-state index is 0.173. The van der Waals surface area contributed by atoms with Gasteiger partial charge < -0.3 is 5.11 Å². The van der Waals surface area contributed by atoms with Crippen LogP contribution >= 0.6 is 0 Å². The lowest BCUT2D eigenvalue weighted by molar-refractivity contribution is 0.474. The van der Waals surface area contributed by atoms with E-state index in [0.29, 0.717) is 0 Å². The van der Waals surface area contributed by atoms with Crippen LogP contribution < -0.4 is 0 Å². The molecule has 16 heavy (non-hydrogen) atoms. The molecular weight excluding hydrogens is 196 g/mol. The number of aromatic hydroxyl groups is 1. The molecule has 1 N–H and O–H groups in total. The van der Waals surface area contributed by atoms with Gasteiger partial charge in [-0.1, -0.05) is 43.4 Å². The van der Waals surface area contributed by atoms with Gasteiger partial charge in [-0.3, -0.25) is 0 Å². The quantitative estimate of drug-likeness (QED) is 0.748. The number of allylic oxidation sites excluding steroid dienone is 2. The third-order valence-corrected chi connectivity index (χ3v) is 3.35. The van der Waals surface area contributed by atoms with Crippen molar-refractivity contribution in [3.63, 3.8) is 0 Å². The molecule has 0 heterocycles. The summed E-state index contributed by atoms with van der Waals surface area (Å²) in [6, 6.07) is 7.32. The molecule has 1 aromatic carbocycles. The zero-order chi connectivity index (χ0) is 12.3. The highest BCUT2D eigenvalue weighted by Gasteiger charge is 2.31. The van der Waals surface area contributed by atoms with Crippen molar-refractivity contribution in [2.24, 2.45) is 0 Å². The summed E-state index contributed by atoms with van der Waals surface area (Å²) in [6.07, 6.45) is 0.933. The second kappa shape index (κ2) is 4.56. The Bertz CT molecular complexity index is 384. The third kappa shape index (κ3) is 1.90. The van der Waals surface area contributed by atoms with E-state index in [1.54, 1.807) is 12.1 Å². The first-order valence-corrected chi connectivity index (χ1v) is 5.56. The molecule has 0 saturated heterocycles. The van der Waals surface area contributed by atoms with E-state index in [1.807, 2.05) is 26.0 Å². The van der Waals surface area contributed by atoms with Gasteiger partial charge in [0.05, 0.1) is 0 Å². The van der Waals surface area contributed by atoms with Crippen molar-refractivity contribution in [2.45, 2.75) is 32.6 Å². The van der Waals surface area contributed by atoms with Crippen LogP contribution in [0.3, 0.4) is 0 Å². The van der Waals surface area contributed by atoms with Gasteiger partial charge in [0.25, 0.3) is 0 Å². The van der Waals surface area contributed by atoms with Gasteiger partial charge in [-0.05, 0) is 38.0 Å². The smallest absolute Gasteiger partial charge is 0.115 e.